The Kier molecular flexibility index (Phi) is 6.34. The van der Waals surface area contributed by atoms with Gasteiger partial charge in [0.1, 0.15) is 11.8 Å². The first-order chi connectivity index (χ1) is 18.8. The zero-order valence-corrected chi connectivity index (χ0v) is 21.3. The van der Waals surface area contributed by atoms with Crippen LogP contribution in [0, 0.1) is 17.6 Å². The second-order valence-corrected chi connectivity index (χ2v) is 10.4. The van der Waals surface area contributed by atoms with Gasteiger partial charge in [0.2, 0.25) is 5.91 Å². The van der Waals surface area contributed by atoms with Crippen molar-refractivity contribution in [1.29, 1.82) is 0 Å². The van der Waals surface area contributed by atoms with Gasteiger partial charge in [-0.15, -0.1) is 0 Å². The number of nitrogens with one attached hydrogen (secondary N) is 1. The van der Waals surface area contributed by atoms with Crippen LogP contribution in [0.1, 0.15) is 31.2 Å². The number of halogens is 2. The third-order valence-electron chi connectivity index (χ3n) is 7.83. The van der Waals surface area contributed by atoms with Gasteiger partial charge in [-0.2, -0.15) is 0 Å². The topological polar surface area (TPSA) is 141 Å². The largest absolute Gasteiger partial charge is 0.382 e. The molecule has 2 saturated heterocycles. The summed E-state index contributed by atoms with van der Waals surface area (Å²) in [5, 5.41) is 2.97. The van der Waals surface area contributed by atoms with Gasteiger partial charge in [-0.1, -0.05) is 0 Å². The van der Waals surface area contributed by atoms with E-state index in [1.807, 2.05) is 10.6 Å². The summed E-state index contributed by atoms with van der Waals surface area (Å²) in [5.74, 6) is -1.82. The molecule has 5 heterocycles. The first kappa shape index (κ1) is 25.1. The first-order valence-electron chi connectivity index (χ1n) is 13.0. The average molecular weight is 534 g/mol. The summed E-state index contributed by atoms with van der Waals surface area (Å²) in [4.78, 5) is 32.3. The van der Waals surface area contributed by atoms with E-state index in [1.54, 1.807) is 12.5 Å². The average Bonchev–Trinajstić information content (AvgIpc) is 3.34. The number of imidazole rings is 1. The molecule has 2 atom stereocenters. The SMILES string of the molecule is Nc1ncnc2c1ncn2Cc1cc(-c2ccc(F)c(F)c2)ncc1N1CCC[C@](N)(C2CCCNC2=O)C1. The number of anilines is 2. The second kappa shape index (κ2) is 9.84. The molecule has 4 aromatic rings. The number of nitrogens with zero attached hydrogens (tertiary/aromatic N) is 6. The molecular weight excluding hydrogens is 504 g/mol. The number of pyridine rings is 1. The highest BCUT2D eigenvalue weighted by atomic mass is 19.2. The van der Waals surface area contributed by atoms with Gasteiger partial charge in [-0.25, -0.2) is 23.7 Å². The number of carbonyl (C=O) groups is 1. The molecule has 2 aliphatic rings. The van der Waals surface area contributed by atoms with Gasteiger partial charge in [-0.05, 0) is 55.5 Å². The van der Waals surface area contributed by atoms with Gasteiger partial charge in [-0.3, -0.25) is 9.78 Å². The smallest absolute Gasteiger partial charge is 0.225 e. The van der Waals surface area contributed by atoms with Crippen LogP contribution in [-0.4, -0.2) is 55.6 Å². The van der Waals surface area contributed by atoms with Crippen molar-refractivity contribution in [3.8, 4) is 11.3 Å². The summed E-state index contributed by atoms with van der Waals surface area (Å²) in [6.45, 7) is 2.28. The molecule has 0 bridgehead atoms. The number of piperidine rings is 2. The summed E-state index contributed by atoms with van der Waals surface area (Å²) in [6.07, 6.45) is 8.01. The number of hydrogen-bond donors (Lipinski definition) is 3. The fourth-order valence-electron chi connectivity index (χ4n) is 5.84. The number of benzene rings is 1. The lowest BCUT2D eigenvalue weighted by Gasteiger charge is -2.46. The van der Waals surface area contributed by atoms with Crippen molar-refractivity contribution in [3.63, 3.8) is 0 Å². The van der Waals surface area contributed by atoms with Gasteiger partial charge < -0.3 is 26.3 Å². The number of nitrogen functional groups attached to an aromatic ring is 1. The lowest BCUT2D eigenvalue weighted by Crippen LogP contribution is -2.63. The molecule has 39 heavy (non-hydrogen) atoms. The van der Waals surface area contributed by atoms with Gasteiger partial charge in [0.25, 0.3) is 0 Å². The zero-order chi connectivity index (χ0) is 27.1. The first-order valence-corrected chi connectivity index (χ1v) is 13.0. The van der Waals surface area contributed by atoms with Crippen LogP contribution < -0.4 is 21.7 Å². The summed E-state index contributed by atoms with van der Waals surface area (Å²) in [5.41, 5.74) is 16.0. The Morgan fingerprint density at radius 2 is 1.97 bits per heavy atom. The van der Waals surface area contributed by atoms with Crippen LogP contribution >= 0.6 is 0 Å². The molecule has 0 spiro atoms. The zero-order valence-electron chi connectivity index (χ0n) is 21.3. The molecule has 0 radical (unpaired) electrons. The summed E-state index contributed by atoms with van der Waals surface area (Å²) < 4.78 is 29.5. The van der Waals surface area contributed by atoms with E-state index in [0.29, 0.717) is 42.1 Å². The number of hydrogen-bond acceptors (Lipinski definition) is 8. The molecule has 1 amide bonds. The molecular formula is C27H29F2N9O. The van der Waals surface area contributed by atoms with Crippen molar-refractivity contribution < 1.29 is 13.6 Å². The fourth-order valence-corrected chi connectivity index (χ4v) is 5.84. The van der Waals surface area contributed by atoms with E-state index in [9.17, 15) is 13.6 Å². The molecule has 2 aliphatic heterocycles. The van der Waals surface area contributed by atoms with Crippen molar-refractivity contribution in [2.75, 3.05) is 30.3 Å². The van der Waals surface area contributed by atoms with Crippen molar-refractivity contribution in [2.24, 2.45) is 11.7 Å². The van der Waals surface area contributed by atoms with E-state index in [0.717, 1.165) is 55.6 Å². The minimum Gasteiger partial charge on any atom is -0.382 e. The van der Waals surface area contributed by atoms with E-state index in [1.165, 1.54) is 12.4 Å². The van der Waals surface area contributed by atoms with Crippen molar-refractivity contribution in [3.05, 3.63) is 60.3 Å². The summed E-state index contributed by atoms with van der Waals surface area (Å²) in [6, 6.07) is 5.58. The normalized spacial score (nSPS) is 21.8. The Balaban J connectivity index is 1.40. The quantitative estimate of drug-likeness (QED) is 0.356. The third kappa shape index (κ3) is 4.65. The highest BCUT2D eigenvalue weighted by Gasteiger charge is 2.44. The van der Waals surface area contributed by atoms with Gasteiger partial charge in [0.15, 0.2) is 23.1 Å². The molecule has 5 N–H and O–H groups in total. The van der Waals surface area contributed by atoms with E-state index in [2.05, 4.69) is 30.2 Å². The van der Waals surface area contributed by atoms with Crippen molar-refractivity contribution in [2.45, 2.75) is 37.8 Å². The highest BCUT2D eigenvalue weighted by Crippen LogP contribution is 2.36. The Labute approximate surface area is 223 Å². The van der Waals surface area contributed by atoms with E-state index in [4.69, 9.17) is 11.5 Å². The molecule has 1 unspecified atom stereocenters. The van der Waals surface area contributed by atoms with Crippen LogP contribution in [0.4, 0.5) is 20.3 Å². The Morgan fingerprint density at radius 1 is 1.10 bits per heavy atom. The molecule has 12 heteroatoms. The maximum absolute atomic E-state index is 14.1. The highest BCUT2D eigenvalue weighted by molar-refractivity contribution is 5.82. The van der Waals surface area contributed by atoms with E-state index in [-0.39, 0.29) is 17.6 Å². The van der Waals surface area contributed by atoms with Gasteiger partial charge in [0, 0.05) is 30.7 Å². The third-order valence-corrected chi connectivity index (χ3v) is 7.83. The van der Waals surface area contributed by atoms with Crippen molar-refractivity contribution >= 4 is 28.6 Å². The number of fused-ring (bicyclic) bond motifs is 1. The maximum atomic E-state index is 14.1. The molecule has 0 aliphatic carbocycles. The minimum atomic E-state index is -0.942. The van der Waals surface area contributed by atoms with Crippen LogP contribution in [-0.2, 0) is 11.3 Å². The van der Waals surface area contributed by atoms with E-state index >= 15 is 0 Å². The monoisotopic (exact) mass is 533 g/mol. The maximum Gasteiger partial charge on any atom is 0.225 e. The number of carbonyl (C=O) groups excluding carboxylic acids is 1. The number of amides is 1. The van der Waals surface area contributed by atoms with Crippen LogP contribution in [0.25, 0.3) is 22.4 Å². The van der Waals surface area contributed by atoms with E-state index < -0.39 is 17.2 Å². The molecule has 10 nitrogen and oxygen atoms in total. The number of rotatable bonds is 5. The molecule has 1 aromatic carbocycles. The van der Waals surface area contributed by atoms with Crippen LogP contribution in [0.5, 0.6) is 0 Å². The minimum absolute atomic E-state index is 0.0137. The van der Waals surface area contributed by atoms with Crippen LogP contribution in [0.15, 0.2) is 43.1 Å². The molecule has 0 saturated carbocycles. The summed E-state index contributed by atoms with van der Waals surface area (Å²) in [7, 11) is 0. The molecule has 202 valence electrons. The van der Waals surface area contributed by atoms with Crippen LogP contribution in [0.3, 0.4) is 0 Å². The molecule has 3 aromatic heterocycles. The predicted molar refractivity (Wildman–Crippen MR) is 143 cm³/mol. The standard InChI is InChI=1S/C27H29F2N9O/c28-19-5-4-16(9-20(19)29)21-10-17(12-38-15-36-23-24(30)34-14-35-25(23)38)22(11-33-21)37-8-2-6-27(31,13-37)18-3-1-7-32-26(18)39/h4-5,9-11,14-15,18H,1-3,6-8,12-13,31H2,(H,32,39)(H2,30,34,35)/t18?,27-/m1/s1. The Hall–Kier alpha value is -4.19. The Morgan fingerprint density at radius 3 is 2.79 bits per heavy atom. The van der Waals surface area contributed by atoms with Gasteiger partial charge in [0.05, 0.1) is 36.4 Å². The number of nitrogens with two attached hydrogens (primary N) is 2. The fraction of sp³-hybridized carbons (Fsp3) is 0.370. The molecule has 2 fully saturated rings. The van der Waals surface area contributed by atoms with Crippen molar-refractivity contribution in [1.82, 2.24) is 29.8 Å². The van der Waals surface area contributed by atoms with Crippen LogP contribution in [0.2, 0.25) is 0 Å². The molecule has 6 rings (SSSR count). The van der Waals surface area contributed by atoms with Gasteiger partial charge >= 0.3 is 0 Å². The predicted octanol–water partition coefficient (Wildman–Crippen LogP) is 2.62. The lowest BCUT2D eigenvalue weighted by atomic mass is 9.74. The summed E-state index contributed by atoms with van der Waals surface area (Å²) >= 11 is 0. The Bertz CT molecular complexity index is 1560. The lowest BCUT2D eigenvalue weighted by molar-refractivity contribution is -0.129. The second-order valence-electron chi connectivity index (χ2n) is 10.4. The number of aromatic nitrogens is 5.